The van der Waals surface area contributed by atoms with Gasteiger partial charge in [0.2, 0.25) is 0 Å². The van der Waals surface area contributed by atoms with E-state index in [1.54, 1.807) is 12.4 Å². The van der Waals surface area contributed by atoms with Crippen molar-refractivity contribution in [2.45, 2.75) is 31.7 Å². The molecule has 2 heterocycles. The van der Waals surface area contributed by atoms with Gasteiger partial charge in [0, 0.05) is 24.0 Å². The minimum Gasteiger partial charge on any atom is -0.271 e. The maximum Gasteiger partial charge on any atom is 0.0776 e. The van der Waals surface area contributed by atoms with Crippen molar-refractivity contribution in [3.05, 3.63) is 53.4 Å². The molecule has 3 N–H and O–H groups in total. The van der Waals surface area contributed by atoms with Crippen molar-refractivity contribution in [3.8, 4) is 0 Å². The van der Waals surface area contributed by atoms with Gasteiger partial charge in [-0.05, 0) is 31.4 Å². The molecule has 0 fully saturated rings. The van der Waals surface area contributed by atoms with Crippen LogP contribution in [0.15, 0.2) is 30.7 Å². The van der Waals surface area contributed by atoms with Gasteiger partial charge < -0.3 is 0 Å². The fourth-order valence-corrected chi connectivity index (χ4v) is 2.74. The molecule has 2 aromatic rings. The van der Waals surface area contributed by atoms with Crippen molar-refractivity contribution >= 4 is 0 Å². The van der Waals surface area contributed by atoms with Crippen LogP contribution in [0.4, 0.5) is 0 Å². The standard InChI is InChI=1S/C14H17N5/c1-9-7-18-12(8-17-9)14(19-15)11-5-4-10-3-2-6-16-13(10)11/h2-3,6-8,11,14,19H,4-5,15H2,1H3. The molecule has 19 heavy (non-hydrogen) atoms. The largest absolute Gasteiger partial charge is 0.271 e. The summed E-state index contributed by atoms with van der Waals surface area (Å²) in [5.74, 6) is 6.00. The molecular formula is C14H17N5. The zero-order chi connectivity index (χ0) is 13.2. The topological polar surface area (TPSA) is 76.7 Å². The van der Waals surface area contributed by atoms with Gasteiger partial charge >= 0.3 is 0 Å². The van der Waals surface area contributed by atoms with Crippen molar-refractivity contribution in [1.82, 2.24) is 20.4 Å². The van der Waals surface area contributed by atoms with Gasteiger partial charge in [-0.3, -0.25) is 26.2 Å². The van der Waals surface area contributed by atoms with E-state index in [0.717, 1.165) is 29.9 Å². The number of aryl methyl sites for hydroxylation is 2. The first-order valence-electron chi connectivity index (χ1n) is 6.48. The lowest BCUT2D eigenvalue weighted by molar-refractivity contribution is 0.436. The summed E-state index contributed by atoms with van der Waals surface area (Å²) >= 11 is 0. The molecule has 5 nitrogen and oxygen atoms in total. The van der Waals surface area contributed by atoms with E-state index in [2.05, 4.69) is 26.4 Å². The van der Waals surface area contributed by atoms with E-state index in [4.69, 9.17) is 5.84 Å². The molecule has 2 atom stereocenters. The number of hydrazine groups is 1. The van der Waals surface area contributed by atoms with Gasteiger partial charge in [-0.2, -0.15) is 0 Å². The SMILES string of the molecule is Cc1cnc(C(NN)C2CCc3cccnc32)cn1. The summed E-state index contributed by atoms with van der Waals surface area (Å²) in [4.78, 5) is 13.2. The summed E-state index contributed by atoms with van der Waals surface area (Å²) < 4.78 is 0. The van der Waals surface area contributed by atoms with Gasteiger partial charge in [0.05, 0.1) is 23.6 Å². The molecule has 0 spiro atoms. The fourth-order valence-electron chi connectivity index (χ4n) is 2.74. The second-order valence-corrected chi connectivity index (χ2v) is 4.92. The predicted molar refractivity (Wildman–Crippen MR) is 72.1 cm³/mol. The number of hydrogen-bond donors (Lipinski definition) is 2. The minimum atomic E-state index is -0.0377. The lowest BCUT2D eigenvalue weighted by atomic mass is 9.95. The van der Waals surface area contributed by atoms with Crippen LogP contribution in [-0.2, 0) is 6.42 Å². The molecule has 0 bridgehead atoms. The van der Waals surface area contributed by atoms with Crippen LogP contribution >= 0.6 is 0 Å². The zero-order valence-electron chi connectivity index (χ0n) is 10.9. The van der Waals surface area contributed by atoms with Crippen LogP contribution in [0.5, 0.6) is 0 Å². The maximum absolute atomic E-state index is 5.73. The Kier molecular flexibility index (Phi) is 3.23. The average molecular weight is 255 g/mol. The number of pyridine rings is 1. The summed E-state index contributed by atoms with van der Waals surface area (Å²) in [7, 11) is 0. The minimum absolute atomic E-state index is 0.0377. The Morgan fingerprint density at radius 1 is 1.32 bits per heavy atom. The van der Waals surface area contributed by atoms with Crippen LogP contribution in [0, 0.1) is 6.92 Å². The van der Waals surface area contributed by atoms with Crippen molar-refractivity contribution in [1.29, 1.82) is 0 Å². The second kappa shape index (κ2) is 5.03. The molecule has 0 aliphatic heterocycles. The molecule has 1 aliphatic carbocycles. The van der Waals surface area contributed by atoms with Crippen molar-refractivity contribution < 1.29 is 0 Å². The third-order valence-electron chi connectivity index (χ3n) is 3.70. The zero-order valence-corrected chi connectivity index (χ0v) is 10.9. The fraction of sp³-hybridized carbons (Fsp3) is 0.357. The molecule has 0 saturated carbocycles. The molecule has 0 amide bonds. The quantitative estimate of drug-likeness (QED) is 0.640. The Labute approximate surface area is 112 Å². The Bertz CT molecular complexity index is 566. The number of nitrogens with two attached hydrogens (primary N) is 1. The molecule has 0 aromatic carbocycles. The molecule has 0 radical (unpaired) electrons. The number of rotatable bonds is 3. The monoisotopic (exact) mass is 255 g/mol. The lowest BCUT2D eigenvalue weighted by Crippen LogP contribution is -2.33. The van der Waals surface area contributed by atoms with E-state index in [1.807, 2.05) is 19.2 Å². The van der Waals surface area contributed by atoms with Crippen LogP contribution in [-0.4, -0.2) is 15.0 Å². The number of fused-ring (bicyclic) bond motifs is 1. The van der Waals surface area contributed by atoms with Crippen LogP contribution in [0.25, 0.3) is 0 Å². The average Bonchev–Trinajstić information content (AvgIpc) is 2.86. The van der Waals surface area contributed by atoms with Crippen molar-refractivity contribution in [2.24, 2.45) is 5.84 Å². The smallest absolute Gasteiger partial charge is 0.0776 e. The third-order valence-corrected chi connectivity index (χ3v) is 3.70. The summed E-state index contributed by atoms with van der Waals surface area (Å²) in [5.41, 5.74) is 7.10. The summed E-state index contributed by atoms with van der Waals surface area (Å²) in [5, 5.41) is 0. The molecule has 3 rings (SSSR count). The molecule has 0 saturated heterocycles. The predicted octanol–water partition coefficient (Wildman–Crippen LogP) is 1.41. The van der Waals surface area contributed by atoms with Crippen LogP contribution in [0.3, 0.4) is 0 Å². The second-order valence-electron chi connectivity index (χ2n) is 4.92. The van der Waals surface area contributed by atoms with Crippen LogP contribution < -0.4 is 11.3 Å². The highest BCUT2D eigenvalue weighted by Crippen LogP contribution is 2.39. The van der Waals surface area contributed by atoms with Crippen LogP contribution in [0.2, 0.25) is 0 Å². The first-order chi connectivity index (χ1) is 9.29. The molecule has 2 unspecified atom stereocenters. The highest BCUT2D eigenvalue weighted by atomic mass is 15.2. The summed E-state index contributed by atoms with van der Waals surface area (Å²) in [6.45, 7) is 1.92. The van der Waals surface area contributed by atoms with Crippen molar-refractivity contribution in [3.63, 3.8) is 0 Å². The summed E-state index contributed by atoms with van der Waals surface area (Å²) in [6, 6.07) is 4.08. The Morgan fingerprint density at radius 3 is 2.95 bits per heavy atom. The normalized spacial score (nSPS) is 19.2. The van der Waals surface area contributed by atoms with Gasteiger partial charge in [-0.15, -0.1) is 0 Å². The first kappa shape index (κ1) is 12.2. The van der Waals surface area contributed by atoms with Crippen molar-refractivity contribution in [2.75, 3.05) is 0 Å². The molecule has 2 aromatic heterocycles. The van der Waals surface area contributed by atoms with Gasteiger partial charge in [0.25, 0.3) is 0 Å². The van der Waals surface area contributed by atoms with Gasteiger partial charge in [-0.25, -0.2) is 0 Å². The highest BCUT2D eigenvalue weighted by molar-refractivity contribution is 5.31. The molecule has 98 valence electrons. The van der Waals surface area contributed by atoms with Gasteiger partial charge in [0.15, 0.2) is 0 Å². The number of nitrogens with zero attached hydrogens (tertiary/aromatic N) is 3. The third kappa shape index (κ3) is 2.22. The maximum atomic E-state index is 5.73. The van der Waals surface area contributed by atoms with E-state index in [1.165, 1.54) is 5.56 Å². The highest BCUT2D eigenvalue weighted by Gasteiger charge is 2.32. The lowest BCUT2D eigenvalue weighted by Gasteiger charge is -2.22. The van der Waals surface area contributed by atoms with E-state index in [0.29, 0.717) is 0 Å². The van der Waals surface area contributed by atoms with Gasteiger partial charge in [0.1, 0.15) is 0 Å². The van der Waals surface area contributed by atoms with E-state index < -0.39 is 0 Å². The van der Waals surface area contributed by atoms with E-state index in [-0.39, 0.29) is 12.0 Å². The Balaban J connectivity index is 1.94. The number of nitrogens with one attached hydrogen (secondary N) is 1. The number of hydrogen-bond acceptors (Lipinski definition) is 5. The number of aromatic nitrogens is 3. The molecular weight excluding hydrogens is 238 g/mol. The Hall–Kier alpha value is -1.85. The molecule has 1 aliphatic rings. The molecule has 5 heteroatoms. The first-order valence-corrected chi connectivity index (χ1v) is 6.48. The van der Waals surface area contributed by atoms with Crippen LogP contribution in [0.1, 0.15) is 41.0 Å². The Morgan fingerprint density at radius 2 is 2.21 bits per heavy atom. The summed E-state index contributed by atoms with van der Waals surface area (Å²) in [6.07, 6.45) is 7.49. The van der Waals surface area contributed by atoms with E-state index >= 15 is 0 Å². The van der Waals surface area contributed by atoms with E-state index in [9.17, 15) is 0 Å². The van der Waals surface area contributed by atoms with Gasteiger partial charge in [-0.1, -0.05) is 6.07 Å².